The van der Waals surface area contributed by atoms with Crippen LogP contribution in [-0.4, -0.2) is 65.1 Å². The molecule has 2 atom stereocenters. The molecule has 2 rings (SSSR count). The Bertz CT molecular complexity index is 408. The second kappa shape index (κ2) is 5.46. The first-order chi connectivity index (χ1) is 8.63. The van der Waals surface area contributed by atoms with E-state index in [0.29, 0.717) is 18.3 Å². The van der Waals surface area contributed by atoms with Crippen LogP contribution >= 0.6 is 0 Å². The minimum absolute atomic E-state index is 0.00289. The largest absolute Gasteiger partial charge is 0.394 e. The van der Waals surface area contributed by atoms with Gasteiger partial charge in [-0.15, -0.1) is 0 Å². The molecular formula is C13H19N3O2. The summed E-state index contributed by atoms with van der Waals surface area (Å²) in [6.07, 6.45) is 2.42. The maximum Gasteiger partial charge on any atom is 0.272 e. The Balaban J connectivity index is 2.14. The zero-order valence-electron chi connectivity index (χ0n) is 10.8. The van der Waals surface area contributed by atoms with Gasteiger partial charge in [-0.25, -0.2) is 0 Å². The van der Waals surface area contributed by atoms with Crippen molar-refractivity contribution in [2.45, 2.75) is 18.5 Å². The molecule has 0 radical (unpaired) electrons. The third kappa shape index (κ3) is 2.52. The van der Waals surface area contributed by atoms with E-state index in [1.165, 1.54) is 0 Å². The molecule has 1 saturated heterocycles. The molecular weight excluding hydrogens is 230 g/mol. The third-order valence-electron chi connectivity index (χ3n) is 3.48. The number of rotatable bonds is 3. The van der Waals surface area contributed by atoms with Crippen molar-refractivity contribution < 1.29 is 9.90 Å². The summed E-state index contributed by atoms with van der Waals surface area (Å²) in [4.78, 5) is 20.2. The molecule has 0 bridgehead atoms. The van der Waals surface area contributed by atoms with Crippen LogP contribution in [0.3, 0.4) is 0 Å². The van der Waals surface area contributed by atoms with Gasteiger partial charge >= 0.3 is 0 Å². The smallest absolute Gasteiger partial charge is 0.272 e. The van der Waals surface area contributed by atoms with E-state index in [-0.39, 0.29) is 18.6 Å². The highest BCUT2D eigenvalue weighted by Crippen LogP contribution is 2.22. The number of aromatic nitrogens is 1. The van der Waals surface area contributed by atoms with Crippen LogP contribution in [0.4, 0.5) is 0 Å². The Morgan fingerprint density at radius 3 is 2.89 bits per heavy atom. The molecule has 1 amide bonds. The summed E-state index contributed by atoms with van der Waals surface area (Å²) >= 11 is 0. The first-order valence-electron chi connectivity index (χ1n) is 6.12. The van der Waals surface area contributed by atoms with E-state index in [0.717, 1.165) is 6.42 Å². The molecule has 1 aliphatic heterocycles. The zero-order chi connectivity index (χ0) is 13.1. The van der Waals surface area contributed by atoms with E-state index in [9.17, 15) is 9.90 Å². The van der Waals surface area contributed by atoms with Gasteiger partial charge in [0.25, 0.3) is 5.91 Å². The lowest BCUT2D eigenvalue weighted by atomic mass is 10.1. The van der Waals surface area contributed by atoms with E-state index in [4.69, 9.17) is 0 Å². The van der Waals surface area contributed by atoms with E-state index in [1.807, 2.05) is 14.1 Å². The molecule has 98 valence electrons. The lowest BCUT2D eigenvalue weighted by Gasteiger charge is -2.22. The van der Waals surface area contributed by atoms with E-state index < -0.39 is 0 Å². The SMILES string of the molecule is CN(C)[C@@H]1C[C@@H](CO)N(C(=O)c2ccccn2)C1. The van der Waals surface area contributed by atoms with Crippen molar-refractivity contribution in [1.82, 2.24) is 14.8 Å². The first kappa shape index (κ1) is 13.0. The van der Waals surface area contributed by atoms with Gasteiger partial charge in [0.2, 0.25) is 0 Å². The predicted octanol–water partition coefficient (Wildman–Crippen LogP) is 0.219. The van der Waals surface area contributed by atoms with Gasteiger partial charge in [0.05, 0.1) is 12.6 Å². The lowest BCUT2D eigenvalue weighted by molar-refractivity contribution is 0.0667. The number of likely N-dealkylation sites (N-methyl/N-ethyl adjacent to an activating group) is 1. The summed E-state index contributed by atoms with van der Waals surface area (Å²) in [6.45, 7) is 0.649. The number of aliphatic hydroxyl groups is 1. The van der Waals surface area contributed by atoms with Crippen molar-refractivity contribution in [3.8, 4) is 0 Å². The van der Waals surface area contributed by atoms with Crippen LogP contribution in [0.5, 0.6) is 0 Å². The third-order valence-corrected chi connectivity index (χ3v) is 3.48. The molecule has 0 saturated carbocycles. The van der Waals surface area contributed by atoms with Crippen LogP contribution in [0.25, 0.3) is 0 Å². The molecule has 1 aromatic heterocycles. The van der Waals surface area contributed by atoms with Gasteiger partial charge in [-0.3, -0.25) is 9.78 Å². The van der Waals surface area contributed by atoms with E-state index in [1.54, 1.807) is 29.3 Å². The molecule has 0 aromatic carbocycles. The minimum Gasteiger partial charge on any atom is -0.394 e. The standard InChI is InChI=1S/C13H19N3O2/c1-15(2)10-7-11(9-17)16(8-10)13(18)12-5-3-4-6-14-12/h3-6,10-11,17H,7-9H2,1-2H3/t10-,11+/m1/s1. The summed E-state index contributed by atoms with van der Waals surface area (Å²) in [7, 11) is 3.99. The molecule has 2 heterocycles. The highest BCUT2D eigenvalue weighted by atomic mass is 16.3. The lowest BCUT2D eigenvalue weighted by Crippen LogP contribution is -2.39. The molecule has 5 heteroatoms. The molecule has 0 spiro atoms. The van der Waals surface area contributed by atoms with Crippen LogP contribution in [-0.2, 0) is 0 Å². The van der Waals surface area contributed by atoms with Gasteiger partial charge in [0.15, 0.2) is 0 Å². The average Bonchev–Trinajstić information content (AvgIpc) is 2.83. The van der Waals surface area contributed by atoms with Crippen molar-refractivity contribution in [2.24, 2.45) is 0 Å². The van der Waals surface area contributed by atoms with Gasteiger partial charge in [0.1, 0.15) is 5.69 Å². The Hall–Kier alpha value is -1.46. The van der Waals surface area contributed by atoms with Gasteiger partial charge in [-0.05, 0) is 32.6 Å². The van der Waals surface area contributed by atoms with E-state index in [2.05, 4.69) is 9.88 Å². The summed E-state index contributed by atoms with van der Waals surface area (Å²) in [5, 5.41) is 9.40. The Kier molecular flexibility index (Phi) is 3.93. The second-order valence-corrected chi connectivity index (χ2v) is 4.86. The molecule has 1 fully saturated rings. The average molecular weight is 249 g/mol. The summed E-state index contributed by atoms with van der Waals surface area (Å²) in [5.41, 5.74) is 0.440. The van der Waals surface area contributed by atoms with E-state index >= 15 is 0 Å². The minimum atomic E-state index is -0.105. The van der Waals surface area contributed by atoms with Crippen LogP contribution in [0.15, 0.2) is 24.4 Å². The number of carbonyl (C=O) groups is 1. The molecule has 0 unspecified atom stereocenters. The zero-order valence-corrected chi connectivity index (χ0v) is 10.8. The molecule has 1 aliphatic rings. The number of likely N-dealkylation sites (tertiary alicyclic amines) is 1. The fourth-order valence-electron chi connectivity index (χ4n) is 2.32. The van der Waals surface area contributed by atoms with Crippen molar-refractivity contribution in [3.63, 3.8) is 0 Å². The first-order valence-corrected chi connectivity index (χ1v) is 6.12. The Labute approximate surface area is 107 Å². The fraction of sp³-hybridized carbons (Fsp3) is 0.538. The predicted molar refractivity (Wildman–Crippen MR) is 68.2 cm³/mol. The maximum absolute atomic E-state index is 12.3. The topological polar surface area (TPSA) is 56.7 Å². The van der Waals surface area contributed by atoms with Crippen molar-refractivity contribution in [3.05, 3.63) is 30.1 Å². The Morgan fingerprint density at radius 1 is 1.56 bits per heavy atom. The number of hydrogen-bond donors (Lipinski definition) is 1. The normalized spacial score (nSPS) is 23.7. The van der Waals surface area contributed by atoms with Crippen LogP contribution in [0, 0.1) is 0 Å². The molecule has 0 aliphatic carbocycles. The van der Waals surface area contributed by atoms with Gasteiger partial charge in [0, 0.05) is 18.8 Å². The summed E-state index contributed by atoms with van der Waals surface area (Å²) in [5.74, 6) is -0.0981. The van der Waals surface area contributed by atoms with Crippen molar-refractivity contribution in [2.75, 3.05) is 27.2 Å². The number of aliphatic hydroxyl groups excluding tert-OH is 1. The number of pyridine rings is 1. The molecule has 18 heavy (non-hydrogen) atoms. The summed E-state index contributed by atoms with van der Waals surface area (Å²) < 4.78 is 0. The van der Waals surface area contributed by atoms with Crippen LogP contribution < -0.4 is 0 Å². The highest BCUT2D eigenvalue weighted by molar-refractivity contribution is 5.92. The summed E-state index contributed by atoms with van der Waals surface area (Å²) in [6, 6.07) is 5.49. The monoisotopic (exact) mass is 249 g/mol. The van der Waals surface area contributed by atoms with Crippen molar-refractivity contribution >= 4 is 5.91 Å². The number of nitrogens with zero attached hydrogens (tertiary/aromatic N) is 3. The second-order valence-electron chi connectivity index (χ2n) is 4.86. The number of hydrogen-bond acceptors (Lipinski definition) is 4. The van der Waals surface area contributed by atoms with Crippen molar-refractivity contribution in [1.29, 1.82) is 0 Å². The van der Waals surface area contributed by atoms with Crippen LogP contribution in [0.1, 0.15) is 16.9 Å². The van der Waals surface area contributed by atoms with Gasteiger partial charge < -0.3 is 14.9 Å². The maximum atomic E-state index is 12.3. The number of carbonyl (C=O) groups excluding carboxylic acids is 1. The molecule has 1 aromatic rings. The molecule has 5 nitrogen and oxygen atoms in total. The van der Waals surface area contributed by atoms with Gasteiger partial charge in [-0.1, -0.05) is 6.07 Å². The fourth-order valence-corrected chi connectivity index (χ4v) is 2.32. The highest BCUT2D eigenvalue weighted by Gasteiger charge is 2.36. The quantitative estimate of drug-likeness (QED) is 0.832. The Morgan fingerprint density at radius 2 is 2.33 bits per heavy atom. The number of amides is 1. The van der Waals surface area contributed by atoms with Gasteiger partial charge in [-0.2, -0.15) is 0 Å². The molecule has 1 N–H and O–H groups in total. The van der Waals surface area contributed by atoms with Crippen LogP contribution in [0.2, 0.25) is 0 Å².